The van der Waals surface area contributed by atoms with Gasteiger partial charge in [0.1, 0.15) is 0 Å². The Morgan fingerprint density at radius 1 is 1.32 bits per heavy atom. The third-order valence-corrected chi connectivity index (χ3v) is 4.12. The summed E-state index contributed by atoms with van der Waals surface area (Å²) in [6.07, 6.45) is 0. The van der Waals surface area contributed by atoms with E-state index in [1.54, 1.807) is 18.6 Å². The highest BCUT2D eigenvalue weighted by Crippen LogP contribution is 2.34. The van der Waals surface area contributed by atoms with E-state index in [2.05, 4.69) is 15.9 Å². The second kappa shape index (κ2) is 5.35. The predicted molar refractivity (Wildman–Crippen MR) is 83.9 cm³/mol. The van der Waals surface area contributed by atoms with Gasteiger partial charge in [0, 0.05) is 15.7 Å². The Kier molecular flexibility index (Phi) is 3.97. The highest BCUT2D eigenvalue weighted by atomic mass is 79.9. The van der Waals surface area contributed by atoms with Gasteiger partial charge in [0.15, 0.2) is 5.78 Å². The highest BCUT2D eigenvalue weighted by molar-refractivity contribution is 9.10. The average Bonchev–Trinajstić information content (AvgIpc) is 2.38. The summed E-state index contributed by atoms with van der Waals surface area (Å²) in [4.78, 5) is 13.2. The smallest absolute Gasteiger partial charge is 0.409 e. The van der Waals surface area contributed by atoms with Gasteiger partial charge < -0.3 is 9.83 Å². The van der Waals surface area contributed by atoms with Gasteiger partial charge >= 0.3 is 7.05 Å². The van der Waals surface area contributed by atoms with E-state index in [0.29, 0.717) is 5.56 Å². The first-order chi connectivity index (χ1) is 8.91. The number of hydrogen-bond acceptors (Lipinski definition) is 3. The van der Waals surface area contributed by atoms with Gasteiger partial charge in [-0.25, -0.2) is 0 Å². The van der Waals surface area contributed by atoms with Crippen molar-refractivity contribution in [3.05, 3.63) is 40.4 Å². The van der Waals surface area contributed by atoms with Crippen LogP contribution >= 0.6 is 15.9 Å². The summed E-state index contributed by atoms with van der Waals surface area (Å²) in [7, 11) is 1.25. The SMILES string of the molecule is CB(O)N(C)c1ccc2ccc(C(C)=O)cc2c1Br. The van der Waals surface area contributed by atoms with E-state index in [0.717, 1.165) is 20.9 Å². The molecule has 0 saturated carbocycles. The second-order valence-electron chi connectivity index (χ2n) is 4.63. The zero-order chi connectivity index (χ0) is 14.2. The Balaban J connectivity index is 2.65. The number of benzene rings is 2. The Morgan fingerprint density at radius 3 is 2.53 bits per heavy atom. The molecule has 0 amide bonds. The Labute approximate surface area is 121 Å². The zero-order valence-electron chi connectivity index (χ0n) is 11.1. The first-order valence-electron chi connectivity index (χ1n) is 6.06. The maximum absolute atomic E-state index is 11.5. The normalized spacial score (nSPS) is 10.6. The lowest BCUT2D eigenvalue weighted by molar-refractivity contribution is 0.101. The van der Waals surface area contributed by atoms with Gasteiger partial charge in [0.2, 0.25) is 0 Å². The molecule has 5 heteroatoms. The van der Waals surface area contributed by atoms with E-state index in [1.165, 1.54) is 0 Å². The van der Waals surface area contributed by atoms with Crippen LogP contribution in [0.15, 0.2) is 34.8 Å². The molecule has 19 heavy (non-hydrogen) atoms. The third kappa shape index (κ3) is 2.67. The minimum absolute atomic E-state index is 0.0445. The van der Waals surface area contributed by atoms with Crippen molar-refractivity contribution in [2.45, 2.75) is 13.7 Å². The molecule has 98 valence electrons. The largest absolute Gasteiger partial charge is 0.432 e. The van der Waals surface area contributed by atoms with Crippen LogP contribution in [0.2, 0.25) is 6.82 Å². The van der Waals surface area contributed by atoms with Crippen molar-refractivity contribution >= 4 is 45.2 Å². The van der Waals surface area contributed by atoms with Crippen LogP contribution < -0.4 is 4.81 Å². The van der Waals surface area contributed by atoms with E-state index in [9.17, 15) is 9.82 Å². The quantitative estimate of drug-likeness (QED) is 0.696. The molecular formula is C14H15BBrNO2. The third-order valence-electron chi connectivity index (χ3n) is 3.28. The standard InChI is InChI=1S/C14H15BBrNO2/c1-9(18)11-5-4-10-6-7-13(17(3)15(2)19)14(16)12(10)8-11/h4-8,19H,1-3H3. The van der Waals surface area contributed by atoms with Crippen molar-refractivity contribution < 1.29 is 9.82 Å². The summed E-state index contributed by atoms with van der Waals surface area (Å²) in [5, 5.41) is 11.7. The summed E-state index contributed by atoms with van der Waals surface area (Å²) in [5.74, 6) is 0.0445. The summed E-state index contributed by atoms with van der Waals surface area (Å²) in [6.45, 7) is 3.27. The molecule has 2 aromatic carbocycles. The van der Waals surface area contributed by atoms with Crippen LogP contribution in [-0.4, -0.2) is 24.9 Å². The van der Waals surface area contributed by atoms with Crippen molar-refractivity contribution in [2.24, 2.45) is 0 Å². The topological polar surface area (TPSA) is 40.5 Å². The Bertz CT molecular complexity index is 643. The van der Waals surface area contributed by atoms with Gasteiger partial charge in [-0.2, -0.15) is 0 Å². The van der Waals surface area contributed by atoms with Gasteiger partial charge in [-0.15, -0.1) is 0 Å². The number of halogens is 1. The summed E-state index contributed by atoms with van der Waals surface area (Å²) in [6, 6.07) is 9.57. The van der Waals surface area contributed by atoms with Gasteiger partial charge in [-0.1, -0.05) is 18.2 Å². The van der Waals surface area contributed by atoms with Crippen LogP contribution in [0.4, 0.5) is 5.69 Å². The average molecular weight is 320 g/mol. The lowest BCUT2D eigenvalue weighted by Crippen LogP contribution is -2.33. The molecule has 0 atom stereocenters. The molecule has 0 fully saturated rings. The molecule has 0 heterocycles. The zero-order valence-corrected chi connectivity index (χ0v) is 12.7. The molecule has 3 nitrogen and oxygen atoms in total. The molecule has 0 aliphatic heterocycles. The lowest BCUT2D eigenvalue weighted by Gasteiger charge is -2.22. The van der Waals surface area contributed by atoms with Crippen molar-refractivity contribution in [1.82, 2.24) is 0 Å². The molecule has 2 aromatic rings. The van der Waals surface area contributed by atoms with Gasteiger partial charge in [0.05, 0.1) is 0 Å². The fourth-order valence-electron chi connectivity index (χ4n) is 1.96. The predicted octanol–water partition coefficient (Wildman–Crippen LogP) is 3.35. The van der Waals surface area contributed by atoms with Crippen molar-refractivity contribution in [1.29, 1.82) is 0 Å². The molecule has 0 bridgehead atoms. The molecule has 2 rings (SSSR count). The summed E-state index contributed by atoms with van der Waals surface area (Å²) < 4.78 is 0.886. The minimum atomic E-state index is -0.579. The number of carbonyl (C=O) groups excluding carboxylic acids is 1. The van der Waals surface area contributed by atoms with Crippen LogP contribution in [-0.2, 0) is 0 Å². The second-order valence-corrected chi connectivity index (χ2v) is 5.43. The Morgan fingerprint density at radius 2 is 1.95 bits per heavy atom. The van der Waals surface area contributed by atoms with Crippen molar-refractivity contribution in [2.75, 3.05) is 11.9 Å². The van der Waals surface area contributed by atoms with Crippen LogP contribution in [0.1, 0.15) is 17.3 Å². The number of carbonyl (C=O) groups is 1. The number of Topliss-reactive ketones (excluding diaryl/α,β-unsaturated/α-hetero) is 1. The van der Waals surface area contributed by atoms with E-state index in [4.69, 9.17) is 0 Å². The van der Waals surface area contributed by atoms with Crippen molar-refractivity contribution in [3.8, 4) is 0 Å². The number of nitrogens with zero attached hydrogens (tertiary/aromatic N) is 1. The number of anilines is 1. The van der Waals surface area contributed by atoms with Crippen LogP contribution in [0, 0.1) is 0 Å². The molecule has 0 saturated heterocycles. The van der Waals surface area contributed by atoms with Crippen LogP contribution in [0.3, 0.4) is 0 Å². The molecule has 0 unspecified atom stereocenters. The first kappa shape index (κ1) is 14.1. The van der Waals surface area contributed by atoms with Gasteiger partial charge in [0.25, 0.3) is 0 Å². The van der Waals surface area contributed by atoms with Crippen LogP contribution in [0.5, 0.6) is 0 Å². The van der Waals surface area contributed by atoms with E-state index >= 15 is 0 Å². The fourth-order valence-corrected chi connectivity index (χ4v) is 2.72. The molecule has 0 spiro atoms. The molecule has 0 aliphatic carbocycles. The first-order valence-corrected chi connectivity index (χ1v) is 6.85. The Hall–Kier alpha value is -1.33. The maximum atomic E-state index is 11.5. The number of ketones is 1. The van der Waals surface area contributed by atoms with Gasteiger partial charge in [-0.05, 0) is 59.6 Å². The van der Waals surface area contributed by atoms with Crippen molar-refractivity contribution in [3.63, 3.8) is 0 Å². The van der Waals surface area contributed by atoms with Crippen LogP contribution in [0.25, 0.3) is 10.8 Å². The summed E-state index contributed by atoms with van der Waals surface area (Å²) in [5.41, 5.74) is 1.58. The van der Waals surface area contributed by atoms with E-state index in [1.807, 2.05) is 37.4 Å². The number of fused-ring (bicyclic) bond motifs is 1. The number of rotatable bonds is 3. The molecular weight excluding hydrogens is 305 g/mol. The molecule has 0 aromatic heterocycles. The molecule has 1 N–H and O–H groups in total. The summed E-state index contributed by atoms with van der Waals surface area (Å²) >= 11 is 3.57. The van der Waals surface area contributed by atoms with Gasteiger partial charge in [-0.3, -0.25) is 4.79 Å². The lowest BCUT2D eigenvalue weighted by atomic mass is 9.85. The number of hydrogen-bond donors (Lipinski definition) is 1. The minimum Gasteiger partial charge on any atom is -0.432 e. The molecule has 0 radical (unpaired) electrons. The van der Waals surface area contributed by atoms with E-state index in [-0.39, 0.29) is 5.78 Å². The molecule has 0 aliphatic rings. The highest BCUT2D eigenvalue weighted by Gasteiger charge is 2.16. The maximum Gasteiger partial charge on any atom is 0.409 e. The van der Waals surface area contributed by atoms with E-state index < -0.39 is 7.05 Å². The fraction of sp³-hybridized carbons (Fsp3) is 0.214. The monoisotopic (exact) mass is 319 g/mol.